The minimum absolute atomic E-state index is 0.272. The Balaban J connectivity index is 2.87. The Morgan fingerprint density at radius 3 is 2.65 bits per heavy atom. The van der Waals surface area contributed by atoms with Gasteiger partial charge in [-0.15, -0.1) is 0 Å². The molecule has 0 aliphatic carbocycles. The SMILES string of the molecule is CCC(C(=O)O)C(=O)Nc1cc(Br)ccc1C. The molecule has 0 saturated carbocycles. The van der Waals surface area contributed by atoms with Gasteiger partial charge >= 0.3 is 5.97 Å². The summed E-state index contributed by atoms with van der Waals surface area (Å²) in [4.78, 5) is 22.6. The number of carboxylic acid groups (broad SMARTS) is 1. The van der Waals surface area contributed by atoms with Crippen molar-refractivity contribution in [2.24, 2.45) is 5.92 Å². The monoisotopic (exact) mass is 299 g/mol. The average molecular weight is 300 g/mol. The summed E-state index contributed by atoms with van der Waals surface area (Å²) < 4.78 is 0.835. The maximum atomic E-state index is 11.7. The Labute approximate surface area is 108 Å². The number of hydrogen-bond donors (Lipinski definition) is 2. The number of rotatable bonds is 4. The molecule has 4 nitrogen and oxygen atoms in total. The molecule has 0 radical (unpaired) electrons. The van der Waals surface area contributed by atoms with Crippen LogP contribution in [0.25, 0.3) is 0 Å². The summed E-state index contributed by atoms with van der Waals surface area (Å²) in [6.45, 7) is 3.52. The number of anilines is 1. The van der Waals surface area contributed by atoms with Gasteiger partial charge in [0, 0.05) is 10.2 Å². The molecule has 0 spiro atoms. The van der Waals surface area contributed by atoms with Crippen LogP contribution in [0, 0.1) is 12.8 Å². The molecule has 1 amide bonds. The predicted octanol–water partition coefficient (Wildman–Crippen LogP) is 2.81. The number of aryl methyl sites for hydroxylation is 1. The van der Waals surface area contributed by atoms with Crippen molar-refractivity contribution in [3.05, 3.63) is 28.2 Å². The number of aliphatic carboxylic acids is 1. The molecule has 0 bridgehead atoms. The van der Waals surface area contributed by atoms with Crippen molar-refractivity contribution >= 4 is 33.5 Å². The first-order valence-electron chi connectivity index (χ1n) is 5.25. The molecule has 2 N–H and O–H groups in total. The molecule has 5 heteroatoms. The lowest BCUT2D eigenvalue weighted by Crippen LogP contribution is -2.29. The molecule has 0 saturated heterocycles. The molecule has 0 fully saturated rings. The molecule has 0 aliphatic heterocycles. The summed E-state index contributed by atoms with van der Waals surface area (Å²) in [5.74, 6) is -2.59. The van der Waals surface area contributed by atoms with E-state index in [4.69, 9.17) is 5.11 Å². The molecular formula is C12H14BrNO3. The molecule has 0 aromatic heterocycles. The van der Waals surface area contributed by atoms with Gasteiger partial charge in [-0.25, -0.2) is 0 Å². The lowest BCUT2D eigenvalue weighted by atomic mass is 10.1. The van der Waals surface area contributed by atoms with Crippen LogP contribution in [0.1, 0.15) is 18.9 Å². The van der Waals surface area contributed by atoms with Crippen molar-refractivity contribution in [2.45, 2.75) is 20.3 Å². The molecule has 1 atom stereocenters. The van der Waals surface area contributed by atoms with Gasteiger partial charge in [-0.1, -0.05) is 28.9 Å². The van der Waals surface area contributed by atoms with Crippen molar-refractivity contribution in [1.29, 1.82) is 0 Å². The van der Waals surface area contributed by atoms with Crippen LogP contribution >= 0.6 is 15.9 Å². The quantitative estimate of drug-likeness (QED) is 0.840. The highest BCUT2D eigenvalue weighted by molar-refractivity contribution is 9.10. The van der Waals surface area contributed by atoms with Gasteiger partial charge < -0.3 is 10.4 Å². The number of benzene rings is 1. The maximum absolute atomic E-state index is 11.7. The average Bonchev–Trinajstić information content (AvgIpc) is 2.24. The number of carboxylic acids is 1. The van der Waals surface area contributed by atoms with Crippen LogP contribution in [0.15, 0.2) is 22.7 Å². The van der Waals surface area contributed by atoms with Crippen LogP contribution < -0.4 is 5.32 Å². The summed E-state index contributed by atoms with van der Waals surface area (Å²) >= 11 is 3.30. The van der Waals surface area contributed by atoms with Crippen LogP contribution in [0.4, 0.5) is 5.69 Å². The number of carbonyl (C=O) groups excluding carboxylic acids is 1. The number of halogens is 1. The maximum Gasteiger partial charge on any atom is 0.316 e. The Morgan fingerprint density at radius 2 is 2.12 bits per heavy atom. The smallest absolute Gasteiger partial charge is 0.316 e. The zero-order chi connectivity index (χ0) is 13.0. The molecule has 17 heavy (non-hydrogen) atoms. The molecule has 1 aromatic rings. The fourth-order valence-corrected chi connectivity index (χ4v) is 1.78. The van der Waals surface area contributed by atoms with Crippen LogP contribution in [0.3, 0.4) is 0 Å². The minimum Gasteiger partial charge on any atom is -0.481 e. The normalized spacial score (nSPS) is 11.9. The Bertz CT molecular complexity index is 445. The molecule has 92 valence electrons. The van der Waals surface area contributed by atoms with Crippen molar-refractivity contribution in [1.82, 2.24) is 0 Å². The first-order chi connectivity index (χ1) is 7.95. The first kappa shape index (κ1) is 13.7. The highest BCUT2D eigenvalue weighted by Crippen LogP contribution is 2.21. The molecule has 1 unspecified atom stereocenters. The van der Waals surface area contributed by atoms with E-state index in [0.717, 1.165) is 10.0 Å². The van der Waals surface area contributed by atoms with Gasteiger partial charge in [0.25, 0.3) is 0 Å². The van der Waals surface area contributed by atoms with Crippen LogP contribution in [0.2, 0.25) is 0 Å². The van der Waals surface area contributed by atoms with Crippen molar-refractivity contribution in [2.75, 3.05) is 5.32 Å². The zero-order valence-corrected chi connectivity index (χ0v) is 11.2. The third kappa shape index (κ3) is 3.56. The van der Waals surface area contributed by atoms with Gasteiger partial charge in [0.1, 0.15) is 5.92 Å². The summed E-state index contributed by atoms with van der Waals surface area (Å²) in [6, 6.07) is 5.46. The lowest BCUT2D eigenvalue weighted by Gasteiger charge is -2.12. The Kier molecular flexibility index (Phi) is 4.69. The second-order valence-corrected chi connectivity index (χ2v) is 4.66. The van der Waals surface area contributed by atoms with E-state index in [1.165, 1.54) is 0 Å². The molecule has 0 heterocycles. The fraction of sp³-hybridized carbons (Fsp3) is 0.333. The van der Waals surface area contributed by atoms with Crippen molar-refractivity contribution < 1.29 is 14.7 Å². The van der Waals surface area contributed by atoms with Crippen LogP contribution in [-0.4, -0.2) is 17.0 Å². The van der Waals surface area contributed by atoms with Gasteiger partial charge in [0.15, 0.2) is 0 Å². The van der Waals surface area contributed by atoms with Gasteiger partial charge in [-0.2, -0.15) is 0 Å². The highest BCUT2D eigenvalue weighted by Gasteiger charge is 2.24. The predicted molar refractivity (Wildman–Crippen MR) is 68.9 cm³/mol. The van der Waals surface area contributed by atoms with E-state index in [1.54, 1.807) is 13.0 Å². The standard InChI is InChI=1S/C12H14BrNO3/c1-3-9(12(16)17)11(15)14-10-6-8(13)5-4-7(10)2/h4-6,9H,3H2,1-2H3,(H,14,15)(H,16,17). The topological polar surface area (TPSA) is 66.4 Å². The van der Waals surface area contributed by atoms with Gasteiger partial charge in [0.2, 0.25) is 5.91 Å². The van der Waals surface area contributed by atoms with Crippen molar-refractivity contribution in [3.63, 3.8) is 0 Å². The number of carbonyl (C=O) groups is 2. The van der Waals surface area contributed by atoms with E-state index in [-0.39, 0.29) is 6.42 Å². The Morgan fingerprint density at radius 1 is 1.47 bits per heavy atom. The summed E-state index contributed by atoms with van der Waals surface area (Å²) in [5.41, 5.74) is 1.52. The minimum atomic E-state index is -1.10. The van der Waals surface area contributed by atoms with E-state index in [9.17, 15) is 9.59 Å². The van der Waals surface area contributed by atoms with E-state index >= 15 is 0 Å². The molecule has 1 rings (SSSR count). The van der Waals surface area contributed by atoms with Gasteiger partial charge in [0.05, 0.1) is 0 Å². The lowest BCUT2D eigenvalue weighted by molar-refractivity contribution is -0.145. The summed E-state index contributed by atoms with van der Waals surface area (Å²) in [7, 11) is 0. The Hall–Kier alpha value is -1.36. The highest BCUT2D eigenvalue weighted by atomic mass is 79.9. The third-order valence-corrected chi connectivity index (χ3v) is 2.97. The van der Waals surface area contributed by atoms with E-state index < -0.39 is 17.8 Å². The zero-order valence-electron chi connectivity index (χ0n) is 9.66. The molecular weight excluding hydrogens is 286 g/mol. The summed E-state index contributed by atoms with van der Waals surface area (Å²) in [6.07, 6.45) is 0.272. The molecule has 1 aromatic carbocycles. The number of hydrogen-bond acceptors (Lipinski definition) is 2. The van der Waals surface area contributed by atoms with Crippen LogP contribution in [-0.2, 0) is 9.59 Å². The third-order valence-electron chi connectivity index (χ3n) is 2.48. The number of amides is 1. The molecule has 0 aliphatic rings. The van der Waals surface area contributed by atoms with E-state index in [0.29, 0.717) is 5.69 Å². The largest absolute Gasteiger partial charge is 0.481 e. The first-order valence-corrected chi connectivity index (χ1v) is 6.04. The van der Waals surface area contributed by atoms with Gasteiger partial charge in [-0.05, 0) is 31.0 Å². The summed E-state index contributed by atoms with van der Waals surface area (Å²) in [5, 5.41) is 11.5. The number of nitrogens with one attached hydrogen (secondary N) is 1. The fourth-order valence-electron chi connectivity index (χ4n) is 1.42. The van der Waals surface area contributed by atoms with Crippen LogP contribution in [0.5, 0.6) is 0 Å². The van der Waals surface area contributed by atoms with E-state index in [1.807, 2.05) is 19.1 Å². The second kappa shape index (κ2) is 5.82. The second-order valence-electron chi connectivity index (χ2n) is 3.75. The van der Waals surface area contributed by atoms with Crippen molar-refractivity contribution in [3.8, 4) is 0 Å². The van der Waals surface area contributed by atoms with Gasteiger partial charge in [-0.3, -0.25) is 9.59 Å². The van der Waals surface area contributed by atoms with E-state index in [2.05, 4.69) is 21.2 Å².